The molecule has 0 aliphatic carbocycles. The van der Waals surface area contributed by atoms with Crippen LogP contribution in [0, 0.1) is 0 Å². The van der Waals surface area contributed by atoms with E-state index < -0.39 is 16.5 Å². The molecule has 0 unspecified atom stereocenters. The molecule has 10 heteroatoms. The molecule has 0 amide bonds. The Balaban J connectivity index is 2.89. The summed E-state index contributed by atoms with van der Waals surface area (Å²) < 4.78 is 36.3. The number of nitrogens with one attached hydrogen (secondary N) is 1. The standard InChI is InChI=1S/C10H18N4O4S2/c1-13(2)20(15,16)14-6-5-11-9(14)10(19)12-7-8(17-3)18-4/h5-6,8H,7H2,1-4H3,(H,12,19). The average molecular weight is 322 g/mol. The summed E-state index contributed by atoms with van der Waals surface area (Å²) in [6.07, 6.45) is 2.22. The van der Waals surface area contributed by atoms with Gasteiger partial charge in [-0.2, -0.15) is 12.7 Å². The molecule has 0 spiro atoms. The molecule has 1 aromatic heterocycles. The van der Waals surface area contributed by atoms with Crippen molar-refractivity contribution in [1.29, 1.82) is 0 Å². The molecule has 0 saturated heterocycles. The molecule has 1 rings (SSSR count). The van der Waals surface area contributed by atoms with Gasteiger partial charge in [0.05, 0.1) is 6.54 Å². The number of ether oxygens (including phenoxy) is 2. The van der Waals surface area contributed by atoms with E-state index in [1.54, 1.807) is 0 Å². The summed E-state index contributed by atoms with van der Waals surface area (Å²) in [5, 5.41) is 2.85. The molecule has 0 aliphatic rings. The van der Waals surface area contributed by atoms with Gasteiger partial charge in [-0.25, -0.2) is 8.96 Å². The van der Waals surface area contributed by atoms with Crippen molar-refractivity contribution in [2.45, 2.75) is 6.29 Å². The van der Waals surface area contributed by atoms with Crippen molar-refractivity contribution in [2.75, 3.05) is 34.9 Å². The van der Waals surface area contributed by atoms with Gasteiger partial charge in [-0.3, -0.25) is 0 Å². The Morgan fingerprint density at radius 3 is 2.60 bits per heavy atom. The zero-order valence-electron chi connectivity index (χ0n) is 11.7. The third-order valence-corrected chi connectivity index (χ3v) is 4.52. The van der Waals surface area contributed by atoms with Crippen LogP contribution in [0.1, 0.15) is 5.82 Å². The summed E-state index contributed by atoms with van der Waals surface area (Å²) in [4.78, 5) is 4.16. The van der Waals surface area contributed by atoms with Crippen LogP contribution in [0.15, 0.2) is 12.4 Å². The summed E-state index contributed by atoms with van der Waals surface area (Å²) >= 11 is 5.14. The molecule has 1 N–H and O–H groups in total. The molecular formula is C10H18N4O4S2. The lowest BCUT2D eigenvalue weighted by atomic mass is 10.5. The number of imidazole rings is 1. The highest BCUT2D eigenvalue weighted by Crippen LogP contribution is 2.06. The summed E-state index contributed by atoms with van der Waals surface area (Å²) in [7, 11) is 2.20. The first-order valence-corrected chi connectivity index (χ1v) is 7.45. The molecule has 0 radical (unpaired) electrons. The van der Waals surface area contributed by atoms with Crippen molar-refractivity contribution >= 4 is 27.4 Å². The Bertz CT molecular complexity index is 551. The molecule has 0 atom stereocenters. The lowest BCUT2D eigenvalue weighted by Gasteiger charge is -2.17. The fourth-order valence-corrected chi connectivity index (χ4v) is 2.54. The lowest BCUT2D eigenvalue weighted by Crippen LogP contribution is -2.37. The van der Waals surface area contributed by atoms with Gasteiger partial charge >= 0.3 is 10.2 Å². The van der Waals surface area contributed by atoms with E-state index >= 15 is 0 Å². The zero-order valence-corrected chi connectivity index (χ0v) is 13.4. The quantitative estimate of drug-likeness (QED) is 0.531. The molecular weight excluding hydrogens is 304 g/mol. The van der Waals surface area contributed by atoms with Crippen molar-refractivity contribution in [1.82, 2.24) is 18.6 Å². The van der Waals surface area contributed by atoms with Gasteiger partial charge in [0.25, 0.3) is 0 Å². The second kappa shape index (κ2) is 7.09. The van der Waals surface area contributed by atoms with E-state index in [9.17, 15) is 8.42 Å². The maximum atomic E-state index is 12.1. The molecule has 0 aromatic carbocycles. The smallest absolute Gasteiger partial charge is 0.308 e. The van der Waals surface area contributed by atoms with Gasteiger partial charge in [-0.1, -0.05) is 12.2 Å². The number of nitrogens with zero attached hydrogens (tertiary/aromatic N) is 3. The third kappa shape index (κ3) is 3.73. The highest BCUT2D eigenvalue weighted by Gasteiger charge is 2.22. The monoisotopic (exact) mass is 322 g/mol. The average Bonchev–Trinajstić information content (AvgIpc) is 2.89. The van der Waals surface area contributed by atoms with Gasteiger partial charge in [-0.05, 0) is 0 Å². The lowest BCUT2D eigenvalue weighted by molar-refractivity contribution is -0.0964. The molecule has 114 valence electrons. The summed E-state index contributed by atoms with van der Waals surface area (Å²) in [6, 6.07) is 0. The van der Waals surface area contributed by atoms with Gasteiger partial charge in [-0.15, -0.1) is 0 Å². The van der Waals surface area contributed by atoms with E-state index in [-0.39, 0.29) is 17.4 Å². The number of methoxy groups -OCH3 is 2. The maximum Gasteiger partial charge on any atom is 0.308 e. The van der Waals surface area contributed by atoms with Gasteiger partial charge < -0.3 is 14.8 Å². The number of rotatable bonds is 7. The Labute approximate surface area is 123 Å². The van der Waals surface area contributed by atoms with Gasteiger partial charge in [0.2, 0.25) is 0 Å². The van der Waals surface area contributed by atoms with Crippen molar-refractivity contribution in [3.05, 3.63) is 18.2 Å². The van der Waals surface area contributed by atoms with E-state index in [0.29, 0.717) is 0 Å². The van der Waals surface area contributed by atoms with E-state index in [2.05, 4.69) is 10.3 Å². The van der Waals surface area contributed by atoms with Crippen LogP contribution in [0.25, 0.3) is 0 Å². The fourth-order valence-electron chi connectivity index (χ4n) is 1.33. The molecule has 0 aliphatic heterocycles. The minimum atomic E-state index is -3.66. The van der Waals surface area contributed by atoms with Crippen molar-refractivity contribution in [2.24, 2.45) is 0 Å². The molecule has 8 nitrogen and oxygen atoms in total. The van der Waals surface area contributed by atoms with Crippen molar-refractivity contribution in [3.63, 3.8) is 0 Å². The molecule has 0 fully saturated rings. The van der Waals surface area contributed by atoms with Crippen molar-refractivity contribution in [3.8, 4) is 0 Å². The van der Waals surface area contributed by atoms with Crippen LogP contribution in [0.3, 0.4) is 0 Å². The first kappa shape index (κ1) is 17.0. The molecule has 0 bridgehead atoms. The van der Waals surface area contributed by atoms with E-state index in [1.165, 1.54) is 40.7 Å². The van der Waals surface area contributed by atoms with Crippen LogP contribution in [0.2, 0.25) is 0 Å². The van der Waals surface area contributed by atoms with Crippen LogP contribution in [-0.2, 0) is 19.7 Å². The Kier molecular flexibility index (Phi) is 6.02. The van der Waals surface area contributed by atoms with Crippen molar-refractivity contribution < 1.29 is 17.9 Å². The van der Waals surface area contributed by atoms with E-state index in [4.69, 9.17) is 21.7 Å². The van der Waals surface area contributed by atoms with Gasteiger partial charge in [0, 0.05) is 40.7 Å². The second-order valence-corrected chi connectivity index (χ2v) is 6.38. The van der Waals surface area contributed by atoms with Crippen LogP contribution >= 0.6 is 12.2 Å². The minimum absolute atomic E-state index is 0.139. The van der Waals surface area contributed by atoms with Crippen LogP contribution in [-0.4, -0.2) is 67.8 Å². The highest BCUT2D eigenvalue weighted by molar-refractivity contribution is 7.87. The van der Waals surface area contributed by atoms with Crippen LogP contribution < -0.4 is 5.32 Å². The number of aromatic nitrogens is 2. The minimum Gasteiger partial charge on any atom is -0.368 e. The third-order valence-electron chi connectivity index (χ3n) is 2.48. The van der Waals surface area contributed by atoms with E-state index in [1.807, 2.05) is 0 Å². The van der Waals surface area contributed by atoms with Crippen LogP contribution in [0.4, 0.5) is 0 Å². The summed E-state index contributed by atoms with van der Waals surface area (Å²) in [5.74, 6) is 0.139. The molecule has 1 heterocycles. The zero-order chi connectivity index (χ0) is 15.3. The molecule has 0 saturated carbocycles. The summed E-state index contributed by atoms with van der Waals surface area (Å²) in [6.45, 7) is 0.278. The SMILES string of the molecule is COC(CNC(=S)c1nccn1S(=O)(=O)N(C)C)OC. The Hall–Kier alpha value is -1.07. The number of hydrogen-bond acceptors (Lipinski definition) is 6. The van der Waals surface area contributed by atoms with Gasteiger partial charge in [0.15, 0.2) is 12.1 Å². The van der Waals surface area contributed by atoms with Crippen LogP contribution in [0.5, 0.6) is 0 Å². The number of thiocarbonyl (C=S) groups is 1. The molecule has 1 aromatic rings. The largest absolute Gasteiger partial charge is 0.368 e. The van der Waals surface area contributed by atoms with E-state index in [0.717, 1.165) is 8.28 Å². The predicted octanol–water partition coefficient (Wildman–Crippen LogP) is -0.578. The Morgan fingerprint density at radius 1 is 1.50 bits per heavy atom. The summed E-state index contributed by atoms with van der Waals surface area (Å²) in [5.41, 5.74) is 0. The fraction of sp³-hybridized carbons (Fsp3) is 0.600. The van der Waals surface area contributed by atoms with Gasteiger partial charge in [0.1, 0.15) is 4.99 Å². The number of hydrogen-bond donors (Lipinski definition) is 1. The molecule has 20 heavy (non-hydrogen) atoms. The Morgan fingerprint density at radius 2 is 2.10 bits per heavy atom. The first-order chi connectivity index (χ1) is 9.34. The second-order valence-electron chi connectivity index (χ2n) is 3.95. The topological polar surface area (TPSA) is 85.7 Å². The highest BCUT2D eigenvalue weighted by atomic mass is 32.2. The normalized spacial score (nSPS) is 12.1. The maximum absolute atomic E-state index is 12.1. The first-order valence-electron chi connectivity index (χ1n) is 5.64. The predicted molar refractivity (Wildman–Crippen MR) is 77.7 cm³/mol.